The van der Waals surface area contributed by atoms with Crippen molar-refractivity contribution < 1.29 is 24.3 Å². The minimum atomic E-state index is -1.12. The van der Waals surface area contributed by atoms with E-state index in [2.05, 4.69) is 16.0 Å². The second-order valence-corrected chi connectivity index (χ2v) is 4.58. The molecular weight excluding hydrogens is 280 g/mol. The number of hydrogen-bond donors (Lipinski definition) is 5. The number of aliphatic carboxylic acids is 1. The lowest BCUT2D eigenvalue weighted by Crippen LogP contribution is -2.49. The highest BCUT2D eigenvalue weighted by Gasteiger charge is 2.17. The molecule has 0 spiro atoms. The first-order valence-electron chi connectivity index (χ1n) is 6.56. The molecular formula is C12H22N4O5. The molecule has 0 rings (SSSR count). The van der Waals surface area contributed by atoms with E-state index in [1.54, 1.807) is 0 Å². The third-order valence-corrected chi connectivity index (χ3v) is 2.48. The van der Waals surface area contributed by atoms with E-state index < -0.39 is 36.4 Å². The maximum absolute atomic E-state index is 11.6. The summed E-state index contributed by atoms with van der Waals surface area (Å²) in [5.74, 6) is -2.32. The maximum atomic E-state index is 11.6. The van der Waals surface area contributed by atoms with Crippen LogP contribution < -0.4 is 21.7 Å². The Morgan fingerprint density at radius 3 is 2.24 bits per heavy atom. The van der Waals surface area contributed by atoms with Gasteiger partial charge in [-0.2, -0.15) is 0 Å². The van der Waals surface area contributed by atoms with E-state index in [4.69, 9.17) is 10.8 Å². The molecule has 0 fully saturated rings. The van der Waals surface area contributed by atoms with Gasteiger partial charge in [0.15, 0.2) is 0 Å². The van der Waals surface area contributed by atoms with Gasteiger partial charge in [-0.25, -0.2) is 0 Å². The highest BCUT2D eigenvalue weighted by Crippen LogP contribution is 1.89. The van der Waals surface area contributed by atoms with Crippen molar-refractivity contribution in [3.63, 3.8) is 0 Å². The quantitative estimate of drug-likeness (QED) is 0.309. The molecule has 6 N–H and O–H groups in total. The number of hydrogen-bond acceptors (Lipinski definition) is 5. The van der Waals surface area contributed by atoms with Gasteiger partial charge in [0.05, 0.1) is 6.04 Å². The fraction of sp³-hybridized carbons (Fsp3) is 0.667. The van der Waals surface area contributed by atoms with Crippen molar-refractivity contribution in [2.45, 2.75) is 38.8 Å². The molecule has 2 atom stereocenters. The number of carboxylic acids is 1. The molecule has 0 radical (unpaired) electrons. The molecule has 9 heteroatoms. The van der Waals surface area contributed by atoms with Gasteiger partial charge in [-0.05, 0) is 20.3 Å². The Labute approximate surface area is 122 Å². The predicted octanol–water partition coefficient (Wildman–Crippen LogP) is -2.06. The summed E-state index contributed by atoms with van der Waals surface area (Å²) in [6.45, 7) is 2.86. The summed E-state index contributed by atoms with van der Waals surface area (Å²) in [6, 6.07) is -1.41. The molecule has 0 aliphatic carbocycles. The van der Waals surface area contributed by atoms with Gasteiger partial charge < -0.3 is 26.8 Å². The molecule has 0 aromatic rings. The SMILES string of the molecule is C[C@H](N)C(=O)N[C@@H](C)C(=O)NCCCC(=O)NCC(=O)O. The lowest BCUT2D eigenvalue weighted by atomic mass is 10.2. The normalized spacial score (nSPS) is 12.9. The molecule has 0 aromatic carbocycles. The van der Waals surface area contributed by atoms with Gasteiger partial charge in [0.2, 0.25) is 17.7 Å². The summed E-state index contributed by atoms with van der Waals surface area (Å²) in [5, 5.41) is 15.6. The zero-order chi connectivity index (χ0) is 16.4. The Morgan fingerprint density at radius 2 is 1.71 bits per heavy atom. The van der Waals surface area contributed by atoms with Gasteiger partial charge >= 0.3 is 5.97 Å². The van der Waals surface area contributed by atoms with Crippen LogP contribution in [0.2, 0.25) is 0 Å². The van der Waals surface area contributed by atoms with Crippen LogP contribution in [0.1, 0.15) is 26.7 Å². The topological polar surface area (TPSA) is 151 Å². The fourth-order valence-corrected chi connectivity index (χ4v) is 1.29. The summed E-state index contributed by atoms with van der Waals surface area (Å²) < 4.78 is 0. The Kier molecular flexibility index (Phi) is 8.70. The zero-order valence-corrected chi connectivity index (χ0v) is 12.1. The lowest BCUT2D eigenvalue weighted by Gasteiger charge is -2.15. The minimum Gasteiger partial charge on any atom is -0.480 e. The van der Waals surface area contributed by atoms with Crippen molar-refractivity contribution in [1.82, 2.24) is 16.0 Å². The van der Waals surface area contributed by atoms with E-state index >= 15 is 0 Å². The number of carboxylic acid groups (broad SMARTS) is 1. The molecule has 9 nitrogen and oxygen atoms in total. The van der Waals surface area contributed by atoms with Crippen LogP contribution in [-0.2, 0) is 19.2 Å². The van der Waals surface area contributed by atoms with E-state index in [1.165, 1.54) is 13.8 Å². The van der Waals surface area contributed by atoms with Gasteiger partial charge in [0.1, 0.15) is 12.6 Å². The van der Waals surface area contributed by atoms with E-state index in [-0.39, 0.29) is 18.9 Å². The van der Waals surface area contributed by atoms with Crippen molar-refractivity contribution in [2.75, 3.05) is 13.1 Å². The largest absolute Gasteiger partial charge is 0.480 e. The first kappa shape index (κ1) is 18.8. The van der Waals surface area contributed by atoms with Crippen molar-refractivity contribution in [3.05, 3.63) is 0 Å². The maximum Gasteiger partial charge on any atom is 0.322 e. The number of rotatable bonds is 9. The van der Waals surface area contributed by atoms with E-state index in [1.807, 2.05) is 0 Å². The molecule has 0 heterocycles. The average Bonchev–Trinajstić information content (AvgIpc) is 2.40. The zero-order valence-electron chi connectivity index (χ0n) is 12.1. The number of amides is 3. The lowest BCUT2D eigenvalue weighted by molar-refractivity contribution is -0.137. The smallest absolute Gasteiger partial charge is 0.322 e. The second kappa shape index (κ2) is 9.70. The molecule has 0 unspecified atom stereocenters. The molecule has 0 saturated heterocycles. The van der Waals surface area contributed by atoms with Crippen LogP contribution in [0, 0.1) is 0 Å². The van der Waals surface area contributed by atoms with Crippen LogP contribution in [0.3, 0.4) is 0 Å². The summed E-state index contributed by atoms with van der Waals surface area (Å²) >= 11 is 0. The second-order valence-electron chi connectivity index (χ2n) is 4.58. The number of nitrogens with one attached hydrogen (secondary N) is 3. The van der Waals surface area contributed by atoms with Crippen LogP contribution in [-0.4, -0.2) is 54.0 Å². The highest BCUT2D eigenvalue weighted by atomic mass is 16.4. The molecule has 0 aliphatic rings. The molecule has 0 aromatic heterocycles. The average molecular weight is 302 g/mol. The monoisotopic (exact) mass is 302 g/mol. The number of carbonyl (C=O) groups is 4. The third kappa shape index (κ3) is 9.38. The Bertz CT molecular complexity index is 397. The Balaban J connectivity index is 3.81. The van der Waals surface area contributed by atoms with E-state index in [0.717, 1.165) is 0 Å². The molecule has 0 aliphatic heterocycles. The van der Waals surface area contributed by atoms with Crippen molar-refractivity contribution in [1.29, 1.82) is 0 Å². The summed E-state index contributed by atoms with van der Waals surface area (Å²) in [5.41, 5.74) is 5.36. The minimum absolute atomic E-state index is 0.105. The summed E-state index contributed by atoms with van der Waals surface area (Å²) in [7, 11) is 0. The van der Waals surface area contributed by atoms with E-state index in [9.17, 15) is 19.2 Å². The summed E-state index contributed by atoms with van der Waals surface area (Å²) in [6.07, 6.45) is 0.472. The van der Waals surface area contributed by atoms with Crippen molar-refractivity contribution in [3.8, 4) is 0 Å². The standard InChI is InChI=1S/C12H22N4O5/c1-7(13)11(20)16-8(2)12(21)14-5-3-4-9(17)15-6-10(18)19/h7-8H,3-6,13H2,1-2H3,(H,14,21)(H,15,17)(H,16,20)(H,18,19)/t7-,8-/m0/s1. The van der Waals surface area contributed by atoms with Crippen LogP contribution in [0.4, 0.5) is 0 Å². The van der Waals surface area contributed by atoms with Gasteiger partial charge in [-0.15, -0.1) is 0 Å². The molecule has 21 heavy (non-hydrogen) atoms. The first-order valence-corrected chi connectivity index (χ1v) is 6.56. The third-order valence-electron chi connectivity index (χ3n) is 2.48. The van der Waals surface area contributed by atoms with Gasteiger partial charge in [0.25, 0.3) is 0 Å². The molecule has 0 saturated carbocycles. The van der Waals surface area contributed by atoms with Crippen molar-refractivity contribution in [2.24, 2.45) is 5.73 Å². The Morgan fingerprint density at radius 1 is 1.10 bits per heavy atom. The predicted molar refractivity (Wildman–Crippen MR) is 74.1 cm³/mol. The van der Waals surface area contributed by atoms with Crippen LogP contribution in [0.5, 0.6) is 0 Å². The molecule has 3 amide bonds. The Hall–Kier alpha value is -2.16. The van der Waals surface area contributed by atoms with Crippen LogP contribution >= 0.6 is 0 Å². The van der Waals surface area contributed by atoms with Crippen LogP contribution in [0.15, 0.2) is 0 Å². The van der Waals surface area contributed by atoms with Gasteiger partial charge in [-0.3, -0.25) is 19.2 Å². The summed E-state index contributed by atoms with van der Waals surface area (Å²) in [4.78, 5) is 44.3. The first-order chi connectivity index (χ1) is 9.73. The van der Waals surface area contributed by atoms with Crippen LogP contribution in [0.25, 0.3) is 0 Å². The number of nitrogens with two attached hydrogens (primary N) is 1. The van der Waals surface area contributed by atoms with Crippen molar-refractivity contribution >= 4 is 23.7 Å². The molecule has 120 valence electrons. The fourth-order valence-electron chi connectivity index (χ4n) is 1.29. The van der Waals surface area contributed by atoms with E-state index in [0.29, 0.717) is 6.42 Å². The molecule has 0 bridgehead atoms. The highest BCUT2D eigenvalue weighted by molar-refractivity contribution is 5.89. The van der Waals surface area contributed by atoms with Gasteiger partial charge in [-0.1, -0.05) is 0 Å². The van der Waals surface area contributed by atoms with Gasteiger partial charge in [0, 0.05) is 13.0 Å². The number of carbonyl (C=O) groups excluding carboxylic acids is 3.